The van der Waals surface area contributed by atoms with Crippen molar-refractivity contribution in [3.63, 3.8) is 0 Å². The van der Waals surface area contributed by atoms with Gasteiger partial charge in [0.25, 0.3) is 11.5 Å². The summed E-state index contributed by atoms with van der Waals surface area (Å²) in [5, 5.41) is 0. The lowest BCUT2D eigenvalue weighted by atomic mass is 9.73. The van der Waals surface area contributed by atoms with Crippen LogP contribution in [-0.4, -0.2) is 52.4 Å². The van der Waals surface area contributed by atoms with Crippen molar-refractivity contribution in [2.45, 2.75) is 45.4 Å². The molecule has 6 nitrogen and oxygen atoms in total. The van der Waals surface area contributed by atoms with Crippen molar-refractivity contribution in [3.05, 3.63) is 34.2 Å². The van der Waals surface area contributed by atoms with Gasteiger partial charge in [0.2, 0.25) is 5.91 Å². The minimum Gasteiger partial charge on any atom is -0.342 e. The Bertz CT molecular complexity index is 742. The zero-order valence-electron chi connectivity index (χ0n) is 15.9. The molecule has 1 aromatic rings. The molecule has 6 heteroatoms. The minimum atomic E-state index is -0.250. The Hall–Kier alpha value is -2.11. The zero-order valence-corrected chi connectivity index (χ0v) is 15.9. The highest BCUT2D eigenvalue weighted by molar-refractivity contribution is 5.94. The van der Waals surface area contributed by atoms with E-state index in [-0.39, 0.29) is 28.4 Å². The molecule has 0 aliphatic carbocycles. The van der Waals surface area contributed by atoms with E-state index >= 15 is 0 Å². The molecule has 3 rings (SSSR count). The Balaban J connectivity index is 1.76. The van der Waals surface area contributed by atoms with Crippen LogP contribution in [0.4, 0.5) is 0 Å². The van der Waals surface area contributed by atoms with Crippen molar-refractivity contribution in [1.29, 1.82) is 0 Å². The smallest absolute Gasteiger partial charge is 0.263 e. The number of carbonyl (C=O) groups excluding carboxylic acids is 2. The first-order chi connectivity index (χ1) is 12.5. The molecule has 2 fully saturated rings. The van der Waals surface area contributed by atoms with Gasteiger partial charge in [-0.1, -0.05) is 13.3 Å². The number of likely N-dealkylation sites (tertiary alicyclic amines) is 2. The van der Waals surface area contributed by atoms with E-state index in [0.717, 1.165) is 45.2 Å². The summed E-state index contributed by atoms with van der Waals surface area (Å²) in [6.45, 7) is 5.00. The van der Waals surface area contributed by atoms with Gasteiger partial charge in [-0.05, 0) is 37.8 Å². The quantitative estimate of drug-likeness (QED) is 0.826. The van der Waals surface area contributed by atoms with Crippen molar-refractivity contribution >= 4 is 11.8 Å². The first-order valence-corrected chi connectivity index (χ1v) is 9.68. The minimum absolute atomic E-state index is 0.0183. The van der Waals surface area contributed by atoms with Gasteiger partial charge < -0.3 is 14.4 Å². The number of piperidine rings is 2. The van der Waals surface area contributed by atoms with Crippen LogP contribution in [0.15, 0.2) is 23.1 Å². The third-order valence-electron chi connectivity index (χ3n) is 5.83. The van der Waals surface area contributed by atoms with Crippen LogP contribution in [-0.2, 0) is 11.8 Å². The van der Waals surface area contributed by atoms with E-state index in [1.54, 1.807) is 25.4 Å². The molecule has 2 saturated heterocycles. The van der Waals surface area contributed by atoms with Crippen LogP contribution in [0, 0.1) is 5.41 Å². The lowest BCUT2D eigenvalue weighted by molar-refractivity contribution is -0.139. The van der Waals surface area contributed by atoms with E-state index in [2.05, 4.69) is 6.92 Å². The predicted molar refractivity (Wildman–Crippen MR) is 100.0 cm³/mol. The fourth-order valence-corrected chi connectivity index (χ4v) is 4.30. The molecule has 3 heterocycles. The molecule has 0 bridgehead atoms. The maximum absolute atomic E-state index is 12.9. The average molecular weight is 359 g/mol. The zero-order chi connectivity index (χ0) is 18.7. The summed E-state index contributed by atoms with van der Waals surface area (Å²) < 4.78 is 1.44. The number of nitrogens with zero attached hydrogens (tertiary/aromatic N) is 3. The van der Waals surface area contributed by atoms with Crippen LogP contribution >= 0.6 is 0 Å². The monoisotopic (exact) mass is 359 g/mol. The maximum Gasteiger partial charge on any atom is 0.263 e. The van der Waals surface area contributed by atoms with E-state index in [9.17, 15) is 14.4 Å². The number of aryl methyl sites for hydroxylation is 1. The Morgan fingerprint density at radius 2 is 2.04 bits per heavy atom. The highest BCUT2D eigenvalue weighted by Crippen LogP contribution is 2.39. The molecule has 0 saturated carbocycles. The van der Waals surface area contributed by atoms with Gasteiger partial charge in [0.1, 0.15) is 5.56 Å². The Labute approximate surface area is 154 Å². The fourth-order valence-electron chi connectivity index (χ4n) is 4.30. The summed E-state index contributed by atoms with van der Waals surface area (Å²) in [6.07, 6.45) is 7.12. The van der Waals surface area contributed by atoms with E-state index < -0.39 is 0 Å². The van der Waals surface area contributed by atoms with Crippen molar-refractivity contribution < 1.29 is 9.59 Å². The molecular formula is C20H29N3O3. The second-order valence-corrected chi connectivity index (χ2v) is 7.84. The van der Waals surface area contributed by atoms with Crippen LogP contribution < -0.4 is 5.56 Å². The number of hydrogen-bond acceptors (Lipinski definition) is 3. The topological polar surface area (TPSA) is 62.6 Å². The average Bonchev–Trinajstić information content (AvgIpc) is 2.64. The summed E-state index contributed by atoms with van der Waals surface area (Å²) in [6, 6.07) is 3.35. The molecule has 0 radical (unpaired) electrons. The second-order valence-electron chi connectivity index (χ2n) is 7.84. The van der Waals surface area contributed by atoms with Gasteiger partial charge in [0, 0.05) is 51.3 Å². The molecule has 1 spiro atoms. The number of carbonyl (C=O) groups is 2. The molecule has 0 aromatic carbocycles. The molecule has 142 valence electrons. The normalized spacial score (nSPS) is 23.5. The summed E-state index contributed by atoms with van der Waals surface area (Å²) in [4.78, 5) is 41.3. The molecule has 2 aliphatic rings. The van der Waals surface area contributed by atoms with Crippen LogP contribution in [0.2, 0.25) is 0 Å². The van der Waals surface area contributed by atoms with Crippen LogP contribution in [0.1, 0.15) is 55.8 Å². The van der Waals surface area contributed by atoms with Gasteiger partial charge in [-0.25, -0.2) is 0 Å². The van der Waals surface area contributed by atoms with E-state index in [1.807, 2.05) is 9.80 Å². The van der Waals surface area contributed by atoms with Gasteiger partial charge in [-0.2, -0.15) is 0 Å². The molecule has 2 amide bonds. The van der Waals surface area contributed by atoms with Crippen molar-refractivity contribution in [1.82, 2.24) is 14.4 Å². The highest BCUT2D eigenvalue weighted by Gasteiger charge is 2.42. The first kappa shape index (κ1) is 18.7. The van der Waals surface area contributed by atoms with E-state index in [0.29, 0.717) is 19.5 Å². The van der Waals surface area contributed by atoms with Crippen LogP contribution in [0.5, 0.6) is 0 Å². The van der Waals surface area contributed by atoms with Crippen molar-refractivity contribution in [2.24, 2.45) is 12.5 Å². The second kappa shape index (κ2) is 7.64. The fraction of sp³-hybridized carbons (Fsp3) is 0.650. The van der Waals surface area contributed by atoms with Gasteiger partial charge in [-0.15, -0.1) is 0 Å². The molecule has 0 N–H and O–H groups in total. The van der Waals surface area contributed by atoms with Crippen molar-refractivity contribution in [3.8, 4) is 0 Å². The van der Waals surface area contributed by atoms with Gasteiger partial charge in [-0.3, -0.25) is 14.4 Å². The van der Waals surface area contributed by atoms with E-state index in [4.69, 9.17) is 0 Å². The lowest BCUT2D eigenvalue weighted by Crippen LogP contribution is -2.55. The van der Waals surface area contributed by atoms with E-state index in [1.165, 1.54) is 4.57 Å². The number of unbranched alkanes of at least 4 members (excludes halogenated alkanes) is 1. The highest BCUT2D eigenvalue weighted by atomic mass is 16.2. The third kappa shape index (κ3) is 3.69. The number of amides is 2. The van der Waals surface area contributed by atoms with Crippen LogP contribution in [0.25, 0.3) is 0 Å². The Kier molecular flexibility index (Phi) is 5.49. The largest absolute Gasteiger partial charge is 0.342 e. The summed E-state index contributed by atoms with van der Waals surface area (Å²) in [7, 11) is 1.66. The summed E-state index contributed by atoms with van der Waals surface area (Å²) in [5.41, 5.74) is -0.0300. The SMILES string of the molecule is CCCCN1CC2(CCCN(C(=O)c3cccn(C)c3=O)C2)CCC1=O. The first-order valence-electron chi connectivity index (χ1n) is 9.68. The number of aromatic nitrogens is 1. The van der Waals surface area contributed by atoms with Gasteiger partial charge in [0.15, 0.2) is 0 Å². The number of pyridine rings is 1. The molecular weight excluding hydrogens is 330 g/mol. The summed E-state index contributed by atoms with van der Waals surface area (Å²) in [5.74, 6) is 0.0618. The standard InChI is InChI=1S/C20H29N3O3/c1-3-4-12-22-14-20(10-8-17(22)24)9-6-13-23(15-20)19(26)16-7-5-11-21(2)18(16)25/h5,7,11H,3-4,6,8-10,12-15H2,1-2H3. The molecule has 1 aromatic heterocycles. The molecule has 26 heavy (non-hydrogen) atoms. The Morgan fingerprint density at radius 3 is 2.81 bits per heavy atom. The number of hydrogen-bond donors (Lipinski definition) is 0. The lowest BCUT2D eigenvalue weighted by Gasteiger charge is -2.48. The summed E-state index contributed by atoms with van der Waals surface area (Å²) >= 11 is 0. The maximum atomic E-state index is 12.9. The van der Waals surface area contributed by atoms with Gasteiger partial charge >= 0.3 is 0 Å². The molecule has 2 aliphatic heterocycles. The predicted octanol–water partition coefficient (Wildman–Crippen LogP) is 2.03. The Morgan fingerprint density at radius 1 is 1.23 bits per heavy atom. The van der Waals surface area contributed by atoms with Crippen molar-refractivity contribution in [2.75, 3.05) is 26.2 Å². The molecule has 1 unspecified atom stereocenters. The molecule has 1 atom stereocenters. The van der Waals surface area contributed by atoms with Crippen LogP contribution in [0.3, 0.4) is 0 Å². The van der Waals surface area contributed by atoms with Gasteiger partial charge in [0.05, 0.1) is 0 Å². The third-order valence-corrected chi connectivity index (χ3v) is 5.83. The number of rotatable bonds is 4.